The molecule has 0 radical (unpaired) electrons. The molecule has 0 atom stereocenters. The number of amides is 1. The third kappa shape index (κ3) is 4.52. The molecule has 4 aromatic rings. The van der Waals surface area contributed by atoms with Gasteiger partial charge in [0.25, 0.3) is 5.91 Å². The first-order chi connectivity index (χ1) is 16.5. The Hall–Kier alpha value is -3.69. The Balaban J connectivity index is 1.17. The van der Waals surface area contributed by atoms with Gasteiger partial charge in [-0.1, -0.05) is 24.3 Å². The van der Waals surface area contributed by atoms with E-state index in [2.05, 4.69) is 4.98 Å². The van der Waals surface area contributed by atoms with Crippen LogP contribution in [0, 0.1) is 0 Å². The number of imidazole rings is 1. The molecule has 0 unspecified atom stereocenters. The maximum Gasteiger partial charge on any atom is 0.253 e. The summed E-state index contributed by atoms with van der Waals surface area (Å²) in [6.45, 7) is 1.55. The Morgan fingerprint density at radius 2 is 1.59 bits per heavy atom. The highest BCUT2D eigenvalue weighted by atomic mass is 32.2. The van der Waals surface area contributed by atoms with Gasteiger partial charge in [-0.2, -0.15) is 4.31 Å². The number of hydrogen-bond acceptors (Lipinski definition) is 5. The molecular formula is C25H24N4O4S. The van der Waals surface area contributed by atoms with Gasteiger partial charge in [0.15, 0.2) is 0 Å². The van der Waals surface area contributed by atoms with Gasteiger partial charge in [-0.25, -0.2) is 13.4 Å². The summed E-state index contributed by atoms with van der Waals surface area (Å²) in [6.07, 6.45) is 3.86. The monoisotopic (exact) mass is 476 g/mol. The smallest absolute Gasteiger partial charge is 0.253 e. The number of hydrogen-bond donors (Lipinski definition) is 0. The number of carbonyl (C=O) groups is 1. The van der Waals surface area contributed by atoms with Gasteiger partial charge in [0.2, 0.25) is 10.0 Å². The molecule has 1 saturated heterocycles. The van der Waals surface area contributed by atoms with Gasteiger partial charge in [0.1, 0.15) is 18.0 Å². The molecule has 8 nitrogen and oxygen atoms in total. The zero-order valence-corrected chi connectivity index (χ0v) is 19.3. The van der Waals surface area contributed by atoms with Gasteiger partial charge in [-0.15, -0.1) is 0 Å². The van der Waals surface area contributed by atoms with Crippen LogP contribution in [0.4, 0.5) is 0 Å². The minimum Gasteiger partial charge on any atom is -0.487 e. The average Bonchev–Trinajstić information content (AvgIpc) is 3.31. The first kappa shape index (κ1) is 22.1. The Morgan fingerprint density at radius 3 is 2.29 bits per heavy atom. The van der Waals surface area contributed by atoms with Crippen molar-refractivity contribution >= 4 is 21.6 Å². The zero-order chi connectivity index (χ0) is 23.5. The summed E-state index contributed by atoms with van der Waals surface area (Å²) in [5, 5.41) is 0. The Kier molecular flexibility index (Phi) is 6.04. The summed E-state index contributed by atoms with van der Waals surface area (Å²) >= 11 is 0. The van der Waals surface area contributed by atoms with Crippen LogP contribution in [0.5, 0.6) is 5.75 Å². The molecule has 174 valence electrons. The fourth-order valence-electron chi connectivity index (χ4n) is 3.96. The van der Waals surface area contributed by atoms with Crippen molar-refractivity contribution in [2.45, 2.75) is 11.5 Å². The van der Waals surface area contributed by atoms with Crippen LogP contribution in [0.1, 0.15) is 16.1 Å². The minimum atomic E-state index is -3.55. The van der Waals surface area contributed by atoms with Crippen LogP contribution < -0.4 is 4.74 Å². The van der Waals surface area contributed by atoms with Crippen LogP contribution >= 0.6 is 0 Å². The minimum absolute atomic E-state index is 0.122. The molecule has 0 bridgehead atoms. The molecule has 2 aromatic heterocycles. The molecule has 1 aliphatic rings. The quantitative estimate of drug-likeness (QED) is 0.427. The van der Waals surface area contributed by atoms with E-state index in [1.807, 2.05) is 35.0 Å². The maximum absolute atomic E-state index is 12.9. The summed E-state index contributed by atoms with van der Waals surface area (Å²) in [5.74, 6) is 0.524. The van der Waals surface area contributed by atoms with Crippen molar-refractivity contribution < 1.29 is 17.9 Å². The lowest BCUT2D eigenvalue weighted by Crippen LogP contribution is -2.50. The Morgan fingerprint density at radius 1 is 0.882 bits per heavy atom. The summed E-state index contributed by atoms with van der Waals surface area (Å²) in [4.78, 5) is 19.4. The van der Waals surface area contributed by atoms with Gasteiger partial charge >= 0.3 is 0 Å². The normalized spacial score (nSPS) is 14.9. The number of carbonyl (C=O) groups excluding carboxylic acids is 1. The largest absolute Gasteiger partial charge is 0.487 e. The number of nitrogens with zero attached hydrogens (tertiary/aromatic N) is 4. The predicted octanol–water partition coefficient (Wildman–Crippen LogP) is 3.06. The van der Waals surface area contributed by atoms with Gasteiger partial charge in [-0.05, 0) is 48.5 Å². The lowest BCUT2D eigenvalue weighted by molar-refractivity contribution is 0.0698. The van der Waals surface area contributed by atoms with Crippen molar-refractivity contribution in [3.05, 3.63) is 96.4 Å². The van der Waals surface area contributed by atoms with Crippen molar-refractivity contribution in [1.29, 1.82) is 0 Å². The van der Waals surface area contributed by atoms with Crippen molar-refractivity contribution in [2.75, 3.05) is 26.2 Å². The van der Waals surface area contributed by atoms with E-state index in [4.69, 9.17) is 4.74 Å². The molecule has 1 aliphatic heterocycles. The highest BCUT2D eigenvalue weighted by molar-refractivity contribution is 7.89. The lowest BCUT2D eigenvalue weighted by atomic mass is 10.2. The van der Waals surface area contributed by atoms with Crippen LogP contribution in [-0.4, -0.2) is 59.1 Å². The highest BCUT2D eigenvalue weighted by Gasteiger charge is 2.30. The Labute approximate surface area is 198 Å². The van der Waals surface area contributed by atoms with E-state index in [1.165, 1.54) is 4.31 Å². The van der Waals surface area contributed by atoms with Crippen LogP contribution in [0.2, 0.25) is 0 Å². The molecule has 9 heteroatoms. The number of rotatable bonds is 6. The van der Waals surface area contributed by atoms with E-state index in [0.717, 1.165) is 11.3 Å². The molecular weight excluding hydrogens is 452 g/mol. The van der Waals surface area contributed by atoms with E-state index < -0.39 is 10.0 Å². The highest BCUT2D eigenvalue weighted by Crippen LogP contribution is 2.20. The fraction of sp³-hybridized carbons (Fsp3) is 0.200. The summed E-state index contributed by atoms with van der Waals surface area (Å²) in [5.41, 5.74) is 2.22. The third-order valence-electron chi connectivity index (χ3n) is 5.81. The van der Waals surface area contributed by atoms with Crippen LogP contribution in [-0.2, 0) is 16.6 Å². The number of fused-ring (bicyclic) bond motifs is 1. The molecule has 0 aliphatic carbocycles. The second-order valence-corrected chi connectivity index (χ2v) is 9.96. The average molecular weight is 477 g/mol. The predicted molar refractivity (Wildman–Crippen MR) is 127 cm³/mol. The van der Waals surface area contributed by atoms with E-state index in [0.29, 0.717) is 31.0 Å². The fourth-order valence-corrected chi connectivity index (χ4v) is 5.41. The first-order valence-corrected chi connectivity index (χ1v) is 12.4. The van der Waals surface area contributed by atoms with Gasteiger partial charge < -0.3 is 14.0 Å². The summed E-state index contributed by atoms with van der Waals surface area (Å²) in [6, 6.07) is 21.2. The number of ether oxygens (including phenoxy) is 1. The van der Waals surface area contributed by atoms with Gasteiger partial charge in [-0.3, -0.25) is 4.79 Å². The van der Waals surface area contributed by atoms with E-state index in [9.17, 15) is 13.2 Å². The van der Waals surface area contributed by atoms with E-state index >= 15 is 0 Å². The standard InChI is InChI=1S/C25H24N4O4S/c30-25(27-14-16-29(17-15-27)34(31,32)23-6-2-1-3-7-23)20-9-11-22(12-10-20)33-19-21-18-28-13-5-4-8-24(28)26-21/h1-13,18H,14-17,19H2. The summed E-state index contributed by atoms with van der Waals surface area (Å²) < 4.78 is 34.8. The van der Waals surface area contributed by atoms with Crippen molar-refractivity contribution in [3.63, 3.8) is 0 Å². The van der Waals surface area contributed by atoms with Crippen LogP contribution in [0.15, 0.2) is 90.1 Å². The van der Waals surface area contributed by atoms with E-state index in [-0.39, 0.29) is 23.9 Å². The van der Waals surface area contributed by atoms with Crippen molar-refractivity contribution in [1.82, 2.24) is 18.6 Å². The van der Waals surface area contributed by atoms with Crippen molar-refractivity contribution in [2.24, 2.45) is 0 Å². The van der Waals surface area contributed by atoms with E-state index in [1.54, 1.807) is 59.5 Å². The molecule has 34 heavy (non-hydrogen) atoms. The third-order valence-corrected chi connectivity index (χ3v) is 7.72. The van der Waals surface area contributed by atoms with Crippen LogP contribution in [0.3, 0.4) is 0 Å². The number of piperazine rings is 1. The number of benzene rings is 2. The second-order valence-electron chi connectivity index (χ2n) is 8.02. The van der Waals surface area contributed by atoms with Crippen molar-refractivity contribution in [3.8, 4) is 5.75 Å². The first-order valence-electron chi connectivity index (χ1n) is 11.0. The molecule has 1 amide bonds. The molecule has 5 rings (SSSR count). The number of aromatic nitrogens is 2. The Bertz CT molecular complexity index is 1360. The number of pyridine rings is 1. The molecule has 1 fully saturated rings. The number of sulfonamides is 1. The van der Waals surface area contributed by atoms with Gasteiger partial charge in [0.05, 0.1) is 10.6 Å². The van der Waals surface area contributed by atoms with Gasteiger partial charge in [0, 0.05) is 44.1 Å². The topological polar surface area (TPSA) is 84.2 Å². The SMILES string of the molecule is O=C(c1ccc(OCc2cn3ccccc3n2)cc1)N1CCN(S(=O)(=O)c2ccccc2)CC1. The zero-order valence-electron chi connectivity index (χ0n) is 18.4. The molecule has 3 heterocycles. The molecule has 0 spiro atoms. The van der Waals surface area contributed by atoms with Crippen LogP contribution in [0.25, 0.3) is 5.65 Å². The molecule has 0 N–H and O–H groups in total. The molecule has 0 saturated carbocycles. The lowest BCUT2D eigenvalue weighted by Gasteiger charge is -2.34. The second kappa shape index (κ2) is 9.28. The molecule has 2 aromatic carbocycles. The summed E-state index contributed by atoms with van der Waals surface area (Å²) in [7, 11) is -3.55. The maximum atomic E-state index is 12.9.